The van der Waals surface area contributed by atoms with Gasteiger partial charge in [0.1, 0.15) is 23.9 Å². The number of hydrogen-bond acceptors (Lipinski definition) is 9. The lowest BCUT2D eigenvalue weighted by Crippen LogP contribution is -2.83. The Morgan fingerprint density at radius 1 is 1.02 bits per heavy atom. The van der Waals surface area contributed by atoms with Crippen LogP contribution in [-0.2, 0) is 33.3 Å². The van der Waals surface area contributed by atoms with Gasteiger partial charge >= 0.3 is 17.9 Å². The molecule has 228 valence electrons. The number of rotatable bonds is 5. The van der Waals surface area contributed by atoms with Crippen molar-refractivity contribution >= 4 is 24.0 Å². The van der Waals surface area contributed by atoms with Crippen LogP contribution >= 0.6 is 0 Å². The van der Waals surface area contributed by atoms with Crippen molar-refractivity contribution in [2.45, 2.75) is 96.6 Å². The van der Waals surface area contributed by atoms with Gasteiger partial charge in [-0.25, -0.2) is 4.79 Å². The summed E-state index contributed by atoms with van der Waals surface area (Å²) in [5.41, 5.74) is -2.23. The van der Waals surface area contributed by atoms with Crippen LogP contribution in [0.3, 0.4) is 0 Å². The van der Waals surface area contributed by atoms with Gasteiger partial charge in [-0.1, -0.05) is 64.6 Å². The van der Waals surface area contributed by atoms with Crippen LogP contribution in [-0.4, -0.2) is 63.9 Å². The summed E-state index contributed by atoms with van der Waals surface area (Å²) in [6.07, 6.45) is 0.300. The van der Waals surface area contributed by atoms with Crippen molar-refractivity contribution in [2.24, 2.45) is 28.6 Å². The molecule has 0 radical (unpaired) electrons. The Morgan fingerprint density at radius 2 is 1.67 bits per heavy atom. The summed E-state index contributed by atoms with van der Waals surface area (Å²) in [5.74, 6) is -5.42. The zero-order chi connectivity index (χ0) is 30.8. The second kappa shape index (κ2) is 10.3. The highest BCUT2D eigenvalue weighted by Crippen LogP contribution is 2.68. The van der Waals surface area contributed by atoms with E-state index >= 15 is 0 Å². The minimum absolute atomic E-state index is 0.0782. The van der Waals surface area contributed by atoms with Crippen LogP contribution in [0.25, 0.3) is 6.08 Å². The van der Waals surface area contributed by atoms with Crippen molar-refractivity contribution in [3.8, 4) is 0 Å². The molecule has 6 rings (SSSR count). The topological polar surface area (TPSA) is 129 Å². The normalized spacial score (nSPS) is 41.9. The molecule has 2 aliphatic heterocycles. The molecule has 10 atom stereocenters. The lowest BCUT2D eigenvalue weighted by molar-refractivity contribution is -0.437. The van der Waals surface area contributed by atoms with Gasteiger partial charge in [-0.05, 0) is 30.1 Å². The maximum atomic E-state index is 12.9. The van der Waals surface area contributed by atoms with Gasteiger partial charge in [0.15, 0.2) is 11.9 Å². The highest BCUT2D eigenvalue weighted by Gasteiger charge is 2.78. The van der Waals surface area contributed by atoms with Crippen LogP contribution in [0, 0.1) is 28.6 Å². The van der Waals surface area contributed by atoms with Gasteiger partial charge < -0.3 is 29.2 Å². The summed E-state index contributed by atoms with van der Waals surface area (Å²) >= 11 is 0. The standard InChI is InChI=1S/C33H42O9/c1-18-24(41-25(36)14-13-22-11-9-8-10-12-22)15-16-31(7)26(18)27(39-20(3)34)23-17-32(37)19(2)33(38,30(23,5)6)29(28(31)42-32)40-21(4)35/h8-14,19,23-24,26-29,37-38H,1,15-17H2,2-7H3/b14-13+/t19-,23+,24+,26+,27-,28+,29+,31-,32+,33+/m1/s1. The van der Waals surface area contributed by atoms with Crippen LogP contribution in [0.2, 0.25) is 0 Å². The molecule has 42 heavy (non-hydrogen) atoms. The van der Waals surface area contributed by atoms with Crippen LogP contribution in [0.4, 0.5) is 0 Å². The van der Waals surface area contributed by atoms with E-state index in [2.05, 4.69) is 6.58 Å². The van der Waals surface area contributed by atoms with E-state index < -0.39 is 82.3 Å². The lowest BCUT2D eigenvalue weighted by Gasteiger charge is -2.72. The van der Waals surface area contributed by atoms with Crippen LogP contribution < -0.4 is 0 Å². The third kappa shape index (κ3) is 4.52. The molecule has 1 aromatic rings. The minimum atomic E-state index is -1.75. The molecule has 2 heterocycles. The fourth-order valence-corrected chi connectivity index (χ4v) is 8.49. The molecule has 0 spiro atoms. The Balaban J connectivity index is 1.58. The first-order chi connectivity index (χ1) is 19.6. The van der Waals surface area contributed by atoms with Crippen molar-refractivity contribution < 1.29 is 43.5 Å². The van der Waals surface area contributed by atoms with Gasteiger partial charge in [0.05, 0.1) is 0 Å². The number of carbonyl (C=O) groups excluding carboxylic acids is 3. The summed E-state index contributed by atoms with van der Waals surface area (Å²) in [4.78, 5) is 38.0. The molecule has 2 N–H and O–H groups in total. The molecule has 1 aromatic carbocycles. The van der Waals surface area contributed by atoms with Crippen LogP contribution in [0.5, 0.6) is 0 Å². The zero-order valence-corrected chi connectivity index (χ0v) is 25.2. The quantitative estimate of drug-likeness (QED) is 0.229. The maximum Gasteiger partial charge on any atom is 0.331 e. The molecule has 3 saturated carbocycles. The van der Waals surface area contributed by atoms with E-state index in [1.54, 1.807) is 13.0 Å². The molecule has 0 amide bonds. The first-order valence-electron chi connectivity index (χ1n) is 14.7. The highest BCUT2D eigenvalue weighted by atomic mass is 16.7. The minimum Gasteiger partial charge on any atom is -0.462 e. The van der Waals surface area contributed by atoms with E-state index in [-0.39, 0.29) is 6.42 Å². The molecule has 0 unspecified atom stereocenters. The molecule has 5 fully saturated rings. The number of aliphatic hydroxyl groups is 2. The fourth-order valence-electron chi connectivity index (χ4n) is 8.49. The molecule has 9 nitrogen and oxygen atoms in total. The first kappa shape index (κ1) is 30.4. The Kier molecular flexibility index (Phi) is 7.48. The summed E-state index contributed by atoms with van der Waals surface area (Å²) in [6.45, 7) is 14.3. The van der Waals surface area contributed by atoms with Gasteiger partial charge in [-0.15, -0.1) is 0 Å². The van der Waals surface area contributed by atoms with Crippen LogP contribution in [0.1, 0.15) is 66.4 Å². The number of carbonyl (C=O) groups is 3. The predicted octanol–water partition coefficient (Wildman–Crippen LogP) is 3.96. The van der Waals surface area contributed by atoms with E-state index in [9.17, 15) is 24.6 Å². The summed E-state index contributed by atoms with van der Waals surface area (Å²) < 4.78 is 24.4. The second-order valence-corrected chi connectivity index (χ2v) is 13.3. The summed E-state index contributed by atoms with van der Waals surface area (Å²) in [7, 11) is 0. The number of ether oxygens (including phenoxy) is 4. The highest BCUT2D eigenvalue weighted by molar-refractivity contribution is 5.87. The van der Waals surface area contributed by atoms with Gasteiger partial charge in [-0.3, -0.25) is 9.59 Å². The van der Waals surface area contributed by atoms with Crippen molar-refractivity contribution in [1.82, 2.24) is 0 Å². The average molecular weight is 583 g/mol. The van der Waals surface area contributed by atoms with E-state index in [0.717, 1.165) is 5.56 Å². The summed E-state index contributed by atoms with van der Waals surface area (Å²) in [6, 6.07) is 9.39. The number of hydrogen-bond donors (Lipinski definition) is 2. The molecular formula is C33H42O9. The molecule has 2 saturated heterocycles. The maximum absolute atomic E-state index is 12.9. The molecule has 9 heteroatoms. The largest absolute Gasteiger partial charge is 0.462 e. The van der Waals surface area contributed by atoms with Gasteiger partial charge in [-0.2, -0.15) is 0 Å². The van der Waals surface area contributed by atoms with Gasteiger partial charge in [0.25, 0.3) is 0 Å². The van der Waals surface area contributed by atoms with Crippen molar-refractivity contribution in [3.05, 3.63) is 54.1 Å². The monoisotopic (exact) mass is 582 g/mol. The van der Waals surface area contributed by atoms with Gasteiger partial charge in [0, 0.05) is 54.9 Å². The van der Waals surface area contributed by atoms with E-state index in [4.69, 9.17) is 18.9 Å². The van der Waals surface area contributed by atoms with Gasteiger partial charge in [0.2, 0.25) is 0 Å². The summed E-state index contributed by atoms with van der Waals surface area (Å²) in [5, 5.41) is 24.5. The first-order valence-corrected chi connectivity index (χ1v) is 14.7. The number of esters is 3. The Hall–Kier alpha value is -3.01. The van der Waals surface area contributed by atoms with E-state index in [1.165, 1.54) is 19.9 Å². The SMILES string of the molecule is C=C1[C@@H](OC(=O)/C=C/c2ccccc2)CC[C@@]2(C)[C@H]3O[C@@]4(O)C[C@@H]([C@@H](OC(C)=O)[C@H]12)C(C)(C)[C@@](O)([C@H]3OC(C)=O)[C@@H]4C. The average Bonchev–Trinajstić information content (AvgIpc) is 2.91. The third-order valence-corrected chi connectivity index (χ3v) is 10.8. The fraction of sp³-hybridized carbons (Fsp3) is 0.606. The van der Waals surface area contributed by atoms with Crippen molar-refractivity contribution in [1.29, 1.82) is 0 Å². The van der Waals surface area contributed by atoms with Crippen LogP contribution in [0.15, 0.2) is 48.6 Å². The number of benzene rings is 1. The molecule has 3 aliphatic carbocycles. The zero-order valence-electron chi connectivity index (χ0n) is 25.2. The van der Waals surface area contributed by atoms with E-state index in [0.29, 0.717) is 18.4 Å². The van der Waals surface area contributed by atoms with E-state index in [1.807, 2.05) is 51.1 Å². The Morgan fingerprint density at radius 3 is 2.29 bits per heavy atom. The third-order valence-electron chi connectivity index (χ3n) is 10.8. The smallest absolute Gasteiger partial charge is 0.331 e. The molecule has 4 bridgehead atoms. The molecular weight excluding hydrogens is 540 g/mol. The molecule has 5 aliphatic rings. The predicted molar refractivity (Wildman–Crippen MR) is 152 cm³/mol. The second-order valence-electron chi connectivity index (χ2n) is 13.3. The lowest BCUT2D eigenvalue weighted by atomic mass is 9.42. The van der Waals surface area contributed by atoms with Crippen molar-refractivity contribution in [3.63, 3.8) is 0 Å². The van der Waals surface area contributed by atoms with Crippen molar-refractivity contribution in [2.75, 3.05) is 0 Å². The Labute approximate surface area is 246 Å². The molecule has 0 aromatic heterocycles. The Bertz CT molecular complexity index is 1300.